The third-order valence-electron chi connectivity index (χ3n) is 22.7. The van der Waals surface area contributed by atoms with Crippen molar-refractivity contribution in [2.45, 2.75) is 248 Å². The number of carbonyl (C=O) groups excluding carboxylic acids is 8. The molecule has 6 saturated carbocycles. The van der Waals surface area contributed by atoms with Crippen LogP contribution in [0.4, 0.5) is 35.9 Å². The first-order chi connectivity index (χ1) is 53.0. The van der Waals surface area contributed by atoms with Gasteiger partial charge < -0.3 is 59.5 Å². The van der Waals surface area contributed by atoms with Crippen LogP contribution < -0.4 is 49.7 Å². The standard InChI is InChI=1S/C74H92Cl2F6N10O20S2/c1-12-38-34-71(38,61(97)89-113(101,102)111-67(10)22-23-67)87-57(93)48-29-42(108-50-31-52(106-15-4)84-54-44(50)19-17-21-46(54)76)37-92(48)60(96)56(70(26-27-70)74(80,81)82)86-64(100)110-66(8,9)32-40-33-68(40,11)112-114(103,104)90-62(98)72(35-39(72)13-2)88-58(94)47-28-41(107-49-30-51(105-14-3)83-53-43(49)18-16-20-45(53)75)36-91(47)59(95)55(69(24-25-69)73(77,78)79)85-63(99)109-65(5,6)7/h16-21,30-31,38-42,47-48,55-56H,12-15,22-29,32-37H2,1-11H3,(H,85,99)(H,86,100)(H,87,93)(H,88,94)(H,89,97)(H,90,98)/t38-,39-,40?,41-,42-,47+,48+,55-,56?,68?,71-,72-/m1/s1. The van der Waals surface area contributed by atoms with Gasteiger partial charge in [0.05, 0.1) is 69.4 Å². The third-order valence-corrected chi connectivity index (χ3v) is 25.4. The van der Waals surface area contributed by atoms with Gasteiger partial charge in [0, 0.05) is 35.7 Å². The number of alkyl halides is 6. The van der Waals surface area contributed by atoms with Crippen LogP contribution in [0.3, 0.4) is 0 Å². The summed E-state index contributed by atoms with van der Waals surface area (Å²) in [5.41, 5.74) is -14.9. The summed E-state index contributed by atoms with van der Waals surface area (Å²) in [5, 5.41) is 10.6. The van der Waals surface area contributed by atoms with E-state index in [4.69, 9.17) is 60.0 Å². The van der Waals surface area contributed by atoms with Gasteiger partial charge in [0.2, 0.25) is 35.4 Å². The lowest BCUT2D eigenvalue weighted by atomic mass is 9.93. The lowest BCUT2D eigenvalue weighted by molar-refractivity contribution is -0.199. The number of aromatic nitrogens is 2. The Kier molecular flexibility index (Phi) is 22.7. The molecule has 6 aliphatic carbocycles. The van der Waals surface area contributed by atoms with Crippen molar-refractivity contribution in [2.24, 2.45) is 28.6 Å². The molecule has 0 radical (unpaired) electrons. The highest BCUT2D eigenvalue weighted by molar-refractivity contribution is 7.85. The number of benzene rings is 2. The fourth-order valence-corrected chi connectivity index (χ4v) is 18.5. The SMILES string of the molecule is CCOc1cc(O[C@@H]2C[C@@H](C(=O)N[C@]3(C(=O)NS(=O)(=O)OC4(C)CC4)C[C@H]3CC)N(C(=O)C(NC(=O)OC(C)(C)CC3CC3(C)OS(=O)(=O)NC(=O)[C@@]3(NC(=O)[C@@H]4C[C@@H](Oc5cc(OCC)nc6c(Cl)cccc56)CN4C(=O)[C@@H](NC(=O)OC(C)(C)C)C4(C(F)(F)F)CC4)C[C@H]3CC)C3(C(F)(F)F)CC3)C2)c2cccc(Cl)c2n1. The molecule has 6 N–H and O–H groups in total. The van der Waals surface area contributed by atoms with Gasteiger partial charge >= 0.3 is 45.1 Å². The monoisotopic (exact) mass is 1690 g/mol. The van der Waals surface area contributed by atoms with E-state index in [1.807, 2.05) is 9.44 Å². The summed E-state index contributed by atoms with van der Waals surface area (Å²) in [6.07, 6.45) is -18.5. The van der Waals surface area contributed by atoms with Gasteiger partial charge in [-0.2, -0.15) is 43.2 Å². The van der Waals surface area contributed by atoms with E-state index in [1.165, 1.54) is 60.6 Å². The number of amides is 8. The predicted molar refractivity (Wildman–Crippen MR) is 395 cm³/mol. The zero-order valence-electron chi connectivity index (χ0n) is 64.3. The number of nitrogens with zero attached hydrogens (tertiary/aromatic N) is 4. The average Bonchev–Trinajstić information content (AvgIpc) is 1.57. The molecule has 3 unspecified atom stereocenters. The van der Waals surface area contributed by atoms with E-state index in [9.17, 15) is 40.8 Å². The van der Waals surface area contributed by atoms with Crippen LogP contribution >= 0.6 is 23.2 Å². The van der Waals surface area contributed by atoms with Crippen molar-refractivity contribution in [3.63, 3.8) is 0 Å². The number of hydrogen-bond acceptors (Lipinski definition) is 22. The second-order valence-electron chi connectivity index (χ2n) is 33.0. The first kappa shape index (κ1) is 85.2. The quantitative estimate of drug-likeness (QED) is 0.0255. The minimum absolute atomic E-state index is 0.0537. The van der Waals surface area contributed by atoms with Crippen LogP contribution in [-0.4, -0.2) is 193 Å². The number of rotatable bonds is 31. The van der Waals surface area contributed by atoms with Crippen molar-refractivity contribution < 1.29 is 118 Å². The summed E-state index contributed by atoms with van der Waals surface area (Å²) in [7, 11) is -9.93. The largest absolute Gasteiger partial charge is 0.488 e. The molecule has 8 amide bonds. The Labute approximate surface area is 663 Å². The molecule has 8 aliphatic rings. The number of para-hydroxylation sites is 2. The Morgan fingerprint density at radius 3 is 1.33 bits per heavy atom. The summed E-state index contributed by atoms with van der Waals surface area (Å²) >= 11 is 13.1. The summed E-state index contributed by atoms with van der Waals surface area (Å²) in [4.78, 5) is 127. The Morgan fingerprint density at radius 2 is 0.974 bits per heavy atom. The molecule has 8 fully saturated rings. The van der Waals surface area contributed by atoms with Crippen molar-refractivity contribution in [1.29, 1.82) is 0 Å². The molecule has 626 valence electrons. The number of carbonyl (C=O) groups is 8. The summed E-state index contributed by atoms with van der Waals surface area (Å²) in [6, 6.07) is 3.99. The van der Waals surface area contributed by atoms with Crippen molar-refractivity contribution in [1.82, 2.24) is 50.5 Å². The van der Waals surface area contributed by atoms with Gasteiger partial charge in [0.1, 0.15) is 70.2 Å². The molecular formula is C74H92Cl2F6N10O20S2. The highest BCUT2D eigenvalue weighted by Gasteiger charge is 2.73. The molecule has 4 heterocycles. The molecule has 4 aromatic rings. The third kappa shape index (κ3) is 17.7. The van der Waals surface area contributed by atoms with Crippen LogP contribution in [0.5, 0.6) is 23.3 Å². The minimum atomic E-state index is -5.19. The molecule has 0 spiro atoms. The number of ether oxygens (including phenoxy) is 6. The number of alkyl carbamates (subject to hydrolysis) is 2. The predicted octanol–water partition coefficient (Wildman–Crippen LogP) is 9.78. The zero-order valence-corrected chi connectivity index (χ0v) is 67.5. The Bertz CT molecular complexity index is 4760. The maximum absolute atomic E-state index is 15.6. The van der Waals surface area contributed by atoms with E-state index in [-0.39, 0.29) is 96.1 Å². The van der Waals surface area contributed by atoms with Crippen molar-refractivity contribution in [3.8, 4) is 23.3 Å². The van der Waals surface area contributed by atoms with Gasteiger partial charge in [0.15, 0.2) is 0 Å². The van der Waals surface area contributed by atoms with E-state index >= 15 is 40.7 Å². The fourth-order valence-electron chi connectivity index (χ4n) is 15.7. The summed E-state index contributed by atoms with van der Waals surface area (Å²) in [5.74, 6) is -9.44. The van der Waals surface area contributed by atoms with Crippen LogP contribution in [0.2, 0.25) is 10.0 Å². The van der Waals surface area contributed by atoms with Crippen molar-refractivity contribution >= 4 is 113 Å². The molecule has 12 rings (SSSR count). The van der Waals surface area contributed by atoms with Gasteiger partial charge in [-0.3, -0.25) is 28.8 Å². The minimum Gasteiger partial charge on any atom is -0.488 e. The number of nitrogens with one attached hydrogen (secondary N) is 6. The maximum Gasteiger partial charge on any atom is 0.408 e. The molecule has 2 saturated heterocycles. The fraction of sp³-hybridized carbons (Fsp3) is 0.649. The number of likely N-dealkylation sites (tertiary alicyclic amines) is 2. The molecule has 114 heavy (non-hydrogen) atoms. The van der Waals surface area contributed by atoms with Crippen molar-refractivity contribution in [2.75, 3.05) is 26.3 Å². The van der Waals surface area contributed by atoms with E-state index in [0.29, 0.717) is 23.6 Å². The zero-order chi connectivity index (χ0) is 83.4. The highest BCUT2D eigenvalue weighted by atomic mass is 35.5. The van der Waals surface area contributed by atoms with Crippen LogP contribution in [0.15, 0.2) is 48.5 Å². The summed E-state index contributed by atoms with van der Waals surface area (Å²) < 4.78 is 197. The molecule has 30 nitrogen and oxygen atoms in total. The molecule has 12 atom stereocenters. The number of halogens is 8. The Hall–Kier alpha value is -8.20. The van der Waals surface area contributed by atoms with Gasteiger partial charge in [0.25, 0.3) is 11.8 Å². The van der Waals surface area contributed by atoms with Gasteiger partial charge in [-0.15, -0.1) is 0 Å². The molecule has 40 heteroatoms. The van der Waals surface area contributed by atoms with E-state index in [1.54, 1.807) is 64.1 Å². The van der Waals surface area contributed by atoms with Gasteiger partial charge in [-0.25, -0.2) is 37.4 Å². The molecule has 2 aromatic heterocycles. The second kappa shape index (κ2) is 30.4. The van der Waals surface area contributed by atoms with E-state index in [2.05, 4.69) is 31.2 Å². The van der Waals surface area contributed by atoms with Gasteiger partial charge in [-0.1, -0.05) is 62.0 Å². The molecule has 0 bridgehead atoms. The summed E-state index contributed by atoms with van der Waals surface area (Å²) in [6.45, 7) is 15.7. The maximum atomic E-state index is 15.6. The Balaban J connectivity index is 0.744. The lowest BCUT2D eigenvalue weighted by Gasteiger charge is -2.35. The highest BCUT2D eigenvalue weighted by Crippen LogP contribution is 2.62. The van der Waals surface area contributed by atoms with Gasteiger partial charge in [-0.05, 0) is 169 Å². The lowest BCUT2D eigenvalue weighted by Crippen LogP contribution is -2.61. The first-order valence-electron chi connectivity index (χ1n) is 37.7. The van der Waals surface area contributed by atoms with Crippen LogP contribution in [0.25, 0.3) is 21.8 Å². The van der Waals surface area contributed by atoms with Crippen LogP contribution in [0, 0.1) is 28.6 Å². The van der Waals surface area contributed by atoms with E-state index < -0.39 is 231 Å². The smallest absolute Gasteiger partial charge is 0.408 e. The molecule has 2 aliphatic heterocycles. The average molecular weight is 1690 g/mol. The number of fused-ring (bicyclic) bond motifs is 2. The van der Waals surface area contributed by atoms with Crippen LogP contribution in [0.1, 0.15) is 166 Å². The number of pyridine rings is 2. The Morgan fingerprint density at radius 1 is 0.570 bits per heavy atom. The first-order valence-corrected chi connectivity index (χ1v) is 41.3. The normalized spacial score (nSPS) is 26.9. The number of hydrogen-bond donors (Lipinski definition) is 6. The van der Waals surface area contributed by atoms with E-state index in [0.717, 1.165) is 9.80 Å². The topological polar surface area (TPSA) is 383 Å². The molecule has 2 aromatic carbocycles. The second-order valence-corrected chi connectivity index (χ2v) is 36.4. The van der Waals surface area contributed by atoms with Crippen molar-refractivity contribution in [3.05, 3.63) is 58.6 Å². The van der Waals surface area contributed by atoms with Crippen LogP contribution in [-0.2, 0) is 67.2 Å². The molecular weight excluding hydrogens is 1600 g/mol.